The van der Waals surface area contributed by atoms with Crippen LogP contribution >= 0.6 is 23.8 Å². The van der Waals surface area contributed by atoms with Gasteiger partial charge >= 0.3 is 0 Å². The highest BCUT2D eigenvalue weighted by Crippen LogP contribution is 2.24. The highest BCUT2D eigenvalue weighted by atomic mass is 35.5. The van der Waals surface area contributed by atoms with Crippen LogP contribution in [0, 0.1) is 6.92 Å². The van der Waals surface area contributed by atoms with Gasteiger partial charge in [-0.25, -0.2) is 0 Å². The minimum atomic E-state index is 0.314. The predicted molar refractivity (Wildman–Crippen MR) is 90.7 cm³/mol. The monoisotopic (exact) mass is 304 g/mol. The Kier molecular flexibility index (Phi) is 4.99. The molecule has 0 saturated carbocycles. The zero-order valence-corrected chi connectivity index (χ0v) is 12.9. The molecule has 3 N–H and O–H groups in total. The molecule has 0 spiro atoms. The molecule has 0 aliphatic carbocycles. The van der Waals surface area contributed by atoms with E-state index in [1.807, 2.05) is 18.2 Å². The van der Waals surface area contributed by atoms with Crippen molar-refractivity contribution in [2.24, 2.45) is 5.73 Å². The van der Waals surface area contributed by atoms with Gasteiger partial charge in [-0.05, 0) is 36.6 Å². The number of aryl methyl sites for hydroxylation is 1. The van der Waals surface area contributed by atoms with Crippen molar-refractivity contribution < 1.29 is 0 Å². The van der Waals surface area contributed by atoms with Gasteiger partial charge < -0.3 is 11.1 Å². The fourth-order valence-corrected chi connectivity index (χ4v) is 2.70. The minimum absolute atomic E-state index is 0.314. The maximum atomic E-state index is 6.14. The number of nitrogens with one attached hydrogen (secondary N) is 1. The van der Waals surface area contributed by atoms with E-state index >= 15 is 0 Å². The Balaban J connectivity index is 2.07. The molecule has 0 bridgehead atoms. The molecule has 0 atom stereocenters. The first-order valence-electron chi connectivity index (χ1n) is 6.46. The number of benzene rings is 2. The number of nitrogens with two attached hydrogens (primary N) is 1. The molecule has 2 aromatic rings. The van der Waals surface area contributed by atoms with E-state index in [-0.39, 0.29) is 0 Å². The van der Waals surface area contributed by atoms with E-state index in [0.29, 0.717) is 15.6 Å². The van der Waals surface area contributed by atoms with E-state index < -0.39 is 0 Å². The van der Waals surface area contributed by atoms with Crippen molar-refractivity contribution in [1.82, 2.24) is 0 Å². The molecule has 4 heteroatoms. The number of anilines is 1. The summed E-state index contributed by atoms with van der Waals surface area (Å²) in [4.78, 5) is 0.314. The number of halogens is 1. The summed E-state index contributed by atoms with van der Waals surface area (Å²) in [6.45, 7) is 2.93. The van der Waals surface area contributed by atoms with Crippen LogP contribution in [0.25, 0.3) is 0 Å². The Morgan fingerprint density at radius 3 is 2.65 bits per heavy atom. The average Bonchev–Trinajstić information content (AvgIpc) is 2.40. The molecule has 0 heterocycles. The van der Waals surface area contributed by atoms with E-state index in [0.717, 1.165) is 18.7 Å². The fraction of sp³-hybridized carbons (Fsp3) is 0.188. The van der Waals surface area contributed by atoms with Crippen LogP contribution in [0.2, 0.25) is 5.02 Å². The van der Waals surface area contributed by atoms with Crippen molar-refractivity contribution in [1.29, 1.82) is 0 Å². The Morgan fingerprint density at radius 2 is 1.95 bits per heavy atom. The molecule has 0 amide bonds. The highest BCUT2D eigenvalue weighted by molar-refractivity contribution is 7.80. The van der Waals surface area contributed by atoms with Crippen LogP contribution in [0.1, 0.15) is 16.7 Å². The molecule has 0 radical (unpaired) electrons. The molecule has 0 fully saturated rings. The summed E-state index contributed by atoms with van der Waals surface area (Å²) in [5.41, 5.74) is 9.97. The quantitative estimate of drug-likeness (QED) is 0.822. The van der Waals surface area contributed by atoms with Gasteiger partial charge in [0.25, 0.3) is 0 Å². The molecule has 0 saturated heterocycles. The Morgan fingerprint density at radius 1 is 1.20 bits per heavy atom. The SMILES string of the molecule is Cc1ccccc1CCNc1cccc(Cl)c1C(N)=S. The van der Waals surface area contributed by atoms with Gasteiger partial charge in [-0.15, -0.1) is 0 Å². The number of hydrogen-bond acceptors (Lipinski definition) is 2. The maximum Gasteiger partial charge on any atom is 0.107 e. The van der Waals surface area contributed by atoms with Crippen molar-refractivity contribution >= 4 is 34.5 Å². The van der Waals surface area contributed by atoms with Gasteiger partial charge in [0, 0.05) is 12.2 Å². The van der Waals surface area contributed by atoms with Gasteiger partial charge in [-0.1, -0.05) is 54.2 Å². The second-order valence-corrected chi connectivity index (χ2v) is 5.48. The summed E-state index contributed by atoms with van der Waals surface area (Å²) in [6.07, 6.45) is 0.940. The summed E-state index contributed by atoms with van der Waals surface area (Å²) in [5.74, 6) is 0. The van der Waals surface area contributed by atoms with E-state index in [4.69, 9.17) is 29.6 Å². The lowest BCUT2D eigenvalue weighted by atomic mass is 10.1. The van der Waals surface area contributed by atoms with Crippen LogP contribution in [0.5, 0.6) is 0 Å². The number of rotatable bonds is 5. The zero-order valence-electron chi connectivity index (χ0n) is 11.3. The number of hydrogen-bond donors (Lipinski definition) is 2. The Labute approximate surface area is 130 Å². The average molecular weight is 305 g/mol. The summed E-state index contributed by atoms with van der Waals surface area (Å²) < 4.78 is 0. The van der Waals surface area contributed by atoms with Gasteiger partial charge in [-0.3, -0.25) is 0 Å². The molecular weight excluding hydrogens is 288 g/mol. The molecule has 0 unspecified atom stereocenters. The van der Waals surface area contributed by atoms with Crippen LogP contribution in [0.15, 0.2) is 42.5 Å². The van der Waals surface area contributed by atoms with Crippen LogP contribution in [-0.2, 0) is 6.42 Å². The molecule has 104 valence electrons. The minimum Gasteiger partial charge on any atom is -0.389 e. The first-order valence-corrected chi connectivity index (χ1v) is 7.25. The van der Waals surface area contributed by atoms with E-state index in [1.165, 1.54) is 11.1 Å². The van der Waals surface area contributed by atoms with Crippen LogP contribution in [0.3, 0.4) is 0 Å². The predicted octanol–water partition coefficient (Wildman–Crippen LogP) is 3.94. The van der Waals surface area contributed by atoms with Crippen molar-refractivity contribution in [3.05, 3.63) is 64.2 Å². The van der Waals surface area contributed by atoms with Gasteiger partial charge in [0.15, 0.2) is 0 Å². The first kappa shape index (κ1) is 14.8. The Hall–Kier alpha value is -1.58. The third-order valence-corrected chi connectivity index (χ3v) is 3.75. The second-order valence-electron chi connectivity index (χ2n) is 4.63. The van der Waals surface area contributed by atoms with E-state index in [2.05, 4.69) is 30.4 Å². The largest absolute Gasteiger partial charge is 0.389 e. The van der Waals surface area contributed by atoms with Gasteiger partial charge in [-0.2, -0.15) is 0 Å². The van der Waals surface area contributed by atoms with E-state index in [1.54, 1.807) is 6.07 Å². The molecule has 2 nitrogen and oxygen atoms in total. The topological polar surface area (TPSA) is 38.0 Å². The molecule has 0 aliphatic heterocycles. The molecule has 2 aromatic carbocycles. The van der Waals surface area contributed by atoms with Crippen LogP contribution in [0.4, 0.5) is 5.69 Å². The smallest absolute Gasteiger partial charge is 0.107 e. The third-order valence-electron chi connectivity index (χ3n) is 3.23. The molecule has 0 aromatic heterocycles. The van der Waals surface area contributed by atoms with Gasteiger partial charge in [0.1, 0.15) is 4.99 Å². The summed E-state index contributed by atoms with van der Waals surface area (Å²) in [6, 6.07) is 14.0. The van der Waals surface area contributed by atoms with Crippen molar-refractivity contribution in [2.45, 2.75) is 13.3 Å². The van der Waals surface area contributed by atoms with Crippen LogP contribution < -0.4 is 11.1 Å². The van der Waals surface area contributed by atoms with Crippen molar-refractivity contribution in [3.63, 3.8) is 0 Å². The lowest BCUT2D eigenvalue weighted by molar-refractivity contribution is 1.00. The van der Waals surface area contributed by atoms with Gasteiger partial charge in [0.05, 0.1) is 10.6 Å². The maximum absolute atomic E-state index is 6.14. The second kappa shape index (κ2) is 6.73. The first-order chi connectivity index (χ1) is 9.59. The molecule has 2 rings (SSSR count). The third kappa shape index (κ3) is 3.50. The standard InChI is InChI=1S/C16H17ClN2S/c1-11-5-2-3-6-12(11)9-10-19-14-8-4-7-13(17)15(14)16(18)20/h2-8,19H,9-10H2,1H3,(H2,18,20). The zero-order chi connectivity index (χ0) is 14.5. The van der Waals surface area contributed by atoms with Crippen molar-refractivity contribution in [2.75, 3.05) is 11.9 Å². The van der Waals surface area contributed by atoms with Crippen LogP contribution in [-0.4, -0.2) is 11.5 Å². The van der Waals surface area contributed by atoms with Gasteiger partial charge in [0.2, 0.25) is 0 Å². The lowest BCUT2D eigenvalue weighted by Gasteiger charge is -2.13. The normalized spacial score (nSPS) is 10.3. The van der Waals surface area contributed by atoms with E-state index in [9.17, 15) is 0 Å². The fourth-order valence-electron chi connectivity index (χ4n) is 2.14. The summed E-state index contributed by atoms with van der Waals surface area (Å²) in [7, 11) is 0. The Bertz CT molecular complexity index is 626. The summed E-state index contributed by atoms with van der Waals surface area (Å²) >= 11 is 11.2. The lowest BCUT2D eigenvalue weighted by Crippen LogP contribution is -2.15. The van der Waals surface area contributed by atoms with Crippen molar-refractivity contribution in [3.8, 4) is 0 Å². The molecule has 20 heavy (non-hydrogen) atoms. The molecular formula is C16H17ClN2S. The molecule has 0 aliphatic rings. The highest BCUT2D eigenvalue weighted by Gasteiger charge is 2.09. The number of thiocarbonyl (C=S) groups is 1. The summed E-state index contributed by atoms with van der Waals surface area (Å²) in [5, 5.41) is 3.94.